The molecular formula is C28H24BrClN2O3S. The molecule has 0 aliphatic carbocycles. The number of benzene rings is 3. The van der Waals surface area contributed by atoms with E-state index in [0.29, 0.717) is 10.6 Å². The quantitative estimate of drug-likeness (QED) is 0.226. The van der Waals surface area contributed by atoms with E-state index in [4.69, 9.17) is 21.3 Å². The average Bonchev–Trinajstić information content (AvgIpc) is 2.89. The highest BCUT2D eigenvalue weighted by atomic mass is 79.9. The Labute approximate surface area is 227 Å². The summed E-state index contributed by atoms with van der Waals surface area (Å²) in [5.41, 5.74) is 4.64. The molecule has 1 heterocycles. The van der Waals surface area contributed by atoms with Crippen molar-refractivity contribution in [1.29, 1.82) is 0 Å². The topological polar surface area (TPSA) is 68.3 Å². The van der Waals surface area contributed by atoms with Gasteiger partial charge >= 0.3 is 5.97 Å². The third kappa shape index (κ3) is 5.91. The summed E-state index contributed by atoms with van der Waals surface area (Å²) in [5.74, 6) is -0.410. The van der Waals surface area contributed by atoms with Crippen LogP contribution >= 0.6 is 39.3 Å². The number of halogens is 2. The number of pyridine rings is 1. The maximum atomic E-state index is 13.7. The van der Waals surface area contributed by atoms with Gasteiger partial charge in [0.2, 0.25) is 0 Å². The van der Waals surface area contributed by atoms with Crippen LogP contribution in [0.4, 0.5) is 0 Å². The van der Waals surface area contributed by atoms with Gasteiger partial charge in [-0.1, -0.05) is 76.1 Å². The number of amides is 1. The van der Waals surface area contributed by atoms with Gasteiger partial charge in [0.05, 0.1) is 29.6 Å². The number of carbonyl (C=O) groups excluding carboxylic acids is 2. The standard InChI is InChI=1S/C28H24BrClN2O3S/c1-17-26(21-14-19(29)12-13-23(21)32-27(17)18-8-4-3-5-9-18)28(34)31-15-24(36-16-25(33)35-2)20-10-6-7-11-22(20)30/h3-14,24H,15-16H2,1-2H3,(H,31,34). The van der Waals surface area contributed by atoms with Crippen molar-refractivity contribution in [3.63, 3.8) is 0 Å². The van der Waals surface area contributed by atoms with Crippen LogP contribution in [0.1, 0.15) is 26.7 Å². The number of aromatic nitrogens is 1. The van der Waals surface area contributed by atoms with Crippen molar-refractivity contribution in [2.75, 3.05) is 19.4 Å². The third-order valence-corrected chi connectivity index (χ3v) is 7.86. The molecule has 1 unspecified atom stereocenters. The second-order valence-electron chi connectivity index (χ2n) is 8.10. The fourth-order valence-corrected chi connectivity index (χ4v) is 5.73. The van der Waals surface area contributed by atoms with Crippen LogP contribution in [0.15, 0.2) is 77.3 Å². The molecule has 1 aromatic heterocycles. The molecule has 5 nitrogen and oxygen atoms in total. The molecule has 0 saturated carbocycles. The zero-order valence-electron chi connectivity index (χ0n) is 19.8. The summed E-state index contributed by atoms with van der Waals surface area (Å²) < 4.78 is 5.66. The van der Waals surface area contributed by atoms with Gasteiger partial charge in [0, 0.05) is 32.2 Å². The molecule has 1 N–H and O–H groups in total. The van der Waals surface area contributed by atoms with Crippen molar-refractivity contribution in [2.45, 2.75) is 12.2 Å². The molecule has 4 rings (SSSR count). The Morgan fingerprint density at radius 1 is 1.08 bits per heavy atom. The highest BCUT2D eigenvalue weighted by Crippen LogP contribution is 2.34. The molecular weight excluding hydrogens is 560 g/mol. The van der Waals surface area contributed by atoms with Crippen LogP contribution in [0.3, 0.4) is 0 Å². The minimum atomic E-state index is -0.336. The van der Waals surface area contributed by atoms with Crippen LogP contribution < -0.4 is 5.32 Å². The summed E-state index contributed by atoms with van der Waals surface area (Å²) in [4.78, 5) is 30.4. The molecule has 0 aliphatic heterocycles. The number of fused-ring (bicyclic) bond motifs is 1. The Morgan fingerprint density at radius 2 is 1.81 bits per heavy atom. The van der Waals surface area contributed by atoms with Crippen LogP contribution in [-0.2, 0) is 9.53 Å². The van der Waals surface area contributed by atoms with E-state index >= 15 is 0 Å². The summed E-state index contributed by atoms with van der Waals surface area (Å²) in [7, 11) is 1.36. The molecule has 184 valence electrons. The first kappa shape index (κ1) is 26.2. The number of ether oxygens (including phenoxy) is 1. The van der Waals surface area contributed by atoms with Crippen LogP contribution in [0.2, 0.25) is 5.02 Å². The van der Waals surface area contributed by atoms with Gasteiger partial charge in [-0.05, 0) is 42.3 Å². The largest absolute Gasteiger partial charge is 0.468 e. The van der Waals surface area contributed by atoms with E-state index in [1.54, 1.807) is 6.07 Å². The lowest BCUT2D eigenvalue weighted by molar-refractivity contribution is -0.137. The molecule has 0 spiro atoms. The Bertz CT molecular complexity index is 1420. The van der Waals surface area contributed by atoms with Gasteiger partial charge in [-0.25, -0.2) is 4.98 Å². The van der Waals surface area contributed by atoms with Crippen LogP contribution in [0.25, 0.3) is 22.2 Å². The summed E-state index contributed by atoms with van der Waals surface area (Å²) in [6, 6.07) is 23.0. The lowest BCUT2D eigenvalue weighted by Gasteiger charge is -2.20. The highest BCUT2D eigenvalue weighted by molar-refractivity contribution is 9.10. The Kier molecular flexibility index (Phi) is 8.67. The average molecular weight is 584 g/mol. The number of hydrogen-bond acceptors (Lipinski definition) is 5. The highest BCUT2D eigenvalue weighted by Gasteiger charge is 2.22. The lowest BCUT2D eigenvalue weighted by Crippen LogP contribution is -2.29. The van der Waals surface area contributed by atoms with Crippen LogP contribution in [0.5, 0.6) is 0 Å². The number of methoxy groups -OCH3 is 1. The molecule has 4 aromatic rings. The molecule has 36 heavy (non-hydrogen) atoms. The van der Waals surface area contributed by atoms with Gasteiger partial charge < -0.3 is 10.1 Å². The normalized spacial score (nSPS) is 11.8. The number of hydrogen-bond donors (Lipinski definition) is 1. The molecule has 1 atom stereocenters. The summed E-state index contributed by atoms with van der Waals surface area (Å²) >= 11 is 11.4. The molecule has 0 saturated heterocycles. The molecule has 0 radical (unpaired) electrons. The van der Waals surface area contributed by atoms with Crippen molar-refractivity contribution < 1.29 is 14.3 Å². The van der Waals surface area contributed by atoms with E-state index in [1.807, 2.05) is 73.7 Å². The van der Waals surface area contributed by atoms with Crippen molar-refractivity contribution in [3.05, 3.63) is 99.0 Å². The molecule has 8 heteroatoms. The maximum Gasteiger partial charge on any atom is 0.315 e. The van der Waals surface area contributed by atoms with Crippen molar-refractivity contribution in [1.82, 2.24) is 10.3 Å². The van der Waals surface area contributed by atoms with E-state index in [1.165, 1.54) is 18.9 Å². The second-order valence-corrected chi connectivity index (χ2v) is 10.6. The summed E-state index contributed by atoms with van der Waals surface area (Å²) in [6.45, 7) is 2.20. The van der Waals surface area contributed by atoms with Crippen LogP contribution in [-0.4, -0.2) is 36.3 Å². The van der Waals surface area contributed by atoms with E-state index in [2.05, 4.69) is 21.2 Å². The van der Waals surface area contributed by atoms with Crippen molar-refractivity contribution in [2.24, 2.45) is 0 Å². The number of carbonyl (C=O) groups is 2. The summed E-state index contributed by atoms with van der Waals surface area (Å²) in [5, 5.41) is 4.18. The Hall–Kier alpha value is -2.87. The third-order valence-electron chi connectivity index (χ3n) is 5.79. The van der Waals surface area contributed by atoms with E-state index < -0.39 is 0 Å². The van der Waals surface area contributed by atoms with E-state index in [0.717, 1.165) is 37.8 Å². The van der Waals surface area contributed by atoms with Crippen molar-refractivity contribution >= 4 is 62.1 Å². The zero-order valence-corrected chi connectivity index (χ0v) is 22.9. The first-order valence-electron chi connectivity index (χ1n) is 11.3. The van der Waals surface area contributed by atoms with Gasteiger partial charge in [-0.15, -0.1) is 11.8 Å². The predicted octanol–water partition coefficient (Wildman–Crippen LogP) is 7.00. The first-order valence-corrected chi connectivity index (χ1v) is 13.5. The number of thioether (sulfide) groups is 1. The van der Waals surface area contributed by atoms with Gasteiger partial charge in [-0.2, -0.15) is 0 Å². The maximum absolute atomic E-state index is 13.7. The number of nitrogens with zero attached hydrogens (tertiary/aromatic N) is 1. The van der Waals surface area contributed by atoms with Crippen molar-refractivity contribution in [3.8, 4) is 11.3 Å². The molecule has 0 aliphatic rings. The lowest BCUT2D eigenvalue weighted by atomic mass is 9.97. The van der Waals surface area contributed by atoms with Gasteiger partial charge in [0.25, 0.3) is 5.91 Å². The zero-order chi connectivity index (χ0) is 25.7. The second kappa shape index (κ2) is 11.9. The predicted molar refractivity (Wildman–Crippen MR) is 151 cm³/mol. The minimum Gasteiger partial charge on any atom is -0.468 e. The van der Waals surface area contributed by atoms with E-state index in [9.17, 15) is 9.59 Å². The number of nitrogens with one attached hydrogen (secondary N) is 1. The molecule has 0 bridgehead atoms. The fourth-order valence-electron chi connectivity index (χ4n) is 4.00. The number of esters is 1. The smallest absolute Gasteiger partial charge is 0.315 e. The first-order chi connectivity index (χ1) is 17.4. The Morgan fingerprint density at radius 3 is 2.53 bits per heavy atom. The SMILES string of the molecule is COC(=O)CSC(CNC(=O)c1c(C)c(-c2ccccc2)nc2ccc(Br)cc12)c1ccccc1Cl. The molecule has 1 amide bonds. The molecule has 3 aromatic carbocycles. The fraction of sp³-hybridized carbons (Fsp3) is 0.179. The number of rotatable bonds is 8. The monoisotopic (exact) mass is 582 g/mol. The van der Waals surface area contributed by atoms with Gasteiger partial charge in [0.1, 0.15) is 0 Å². The van der Waals surface area contributed by atoms with Crippen LogP contribution in [0, 0.1) is 6.92 Å². The minimum absolute atomic E-state index is 0.143. The summed E-state index contributed by atoms with van der Waals surface area (Å²) in [6.07, 6.45) is 0. The van der Waals surface area contributed by atoms with E-state index in [-0.39, 0.29) is 29.4 Å². The van der Waals surface area contributed by atoms with Gasteiger partial charge in [-0.3, -0.25) is 9.59 Å². The van der Waals surface area contributed by atoms with Gasteiger partial charge in [0.15, 0.2) is 0 Å². The Balaban J connectivity index is 1.70. The molecule has 0 fully saturated rings.